The lowest BCUT2D eigenvalue weighted by atomic mass is 10.2. The van der Waals surface area contributed by atoms with Gasteiger partial charge in [-0.05, 0) is 6.42 Å². The second kappa shape index (κ2) is 8.31. The minimum atomic E-state index is -5.60. The van der Waals surface area contributed by atoms with E-state index in [4.69, 9.17) is 30.9 Å². The molecule has 2 aromatic rings. The van der Waals surface area contributed by atoms with E-state index in [0.29, 0.717) is 11.2 Å². The summed E-state index contributed by atoms with van der Waals surface area (Å²) in [6, 6.07) is -0.617. The zero-order valence-electron chi connectivity index (χ0n) is 14.7. The maximum Gasteiger partial charge on any atom is 0.490 e. The molecular formula is C10H17N6O11P3. The summed E-state index contributed by atoms with van der Waals surface area (Å²) in [5.41, 5.74) is 12.4. The van der Waals surface area contributed by atoms with Crippen LogP contribution >= 0.6 is 23.5 Å². The number of phosphoric ester groups is 1. The van der Waals surface area contributed by atoms with Crippen molar-refractivity contribution in [3.8, 4) is 0 Å². The van der Waals surface area contributed by atoms with Gasteiger partial charge < -0.3 is 35.8 Å². The molecule has 1 fully saturated rings. The maximum atomic E-state index is 11.8. The van der Waals surface area contributed by atoms with Crippen LogP contribution in [0.2, 0.25) is 0 Å². The van der Waals surface area contributed by atoms with Crippen molar-refractivity contribution in [2.75, 3.05) is 12.3 Å². The Hall–Kier alpha value is -1.32. The monoisotopic (exact) mass is 490 g/mol. The lowest BCUT2D eigenvalue weighted by Crippen LogP contribution is -2.27. The molecule has 0 bridgehead atoms. The fourth-order valence-electron chi connectivity index (χ4n) is 2.69. The summed E-state index contributed by atoms with van der Waals surface area (Å²) in [7, 11) is -16.3. The highest BCUT2D eigenvalue weighted by Gasteiger charge is 2.42. The quantitative estimate of drug-likeness (QED) is 0.251. The summed E-state index contributed by atoms with van der Waals surface area (Å²) in [6.07, 6.45) is 1.10. The van der Waals surface area contributed by atoms with E-state index in [-0.39, 0.29) is 12.2 Å². The molecule has 1 aliphatic rings. The zero-order chi connectivity index (χ0) is 22.3. The highest BCUT2D eigenvalue weighted by Crippen LogP contribution is 2.66. The number of nitrogens with two attached hydrogens (primary N) is 2. The lowest BCUT2D eigenvalue weighted by Gasteiger charge is -2.19. The molecule has 1 saturated heterocycles. The van der Waals surface area contributed by atoms with Gasteiger partial charge in [0.25, 0.3) is 0 Å². The van der Waals surface area contributed by atoms with Gasteiger partial charge in [-0.1, -0.05) is 0 Å². The highest BCUT2D eigenvalue weighted by molar-refractivity contribution is 7.66. The summed E-state index contributed by atoms with van der Waals surface area (Å²) in [5.74, 6) is 0.148. The first kappa shape index (κ1) is 23.3. The third-order valence-electron chi connectivity index (χ3n) is 3.73. The molecule has 0 radical (unpaired) electrons. The van der Waals surface area contributed by atoms with Crippen molar-refractivity contribution in [1.82, 2.24) is 19.5 Å². The number of aromatic nitrogens is 4. The minimum Gasteiger partial charge on any atom is -0.382 e. The van der Waals surface area contributed by atoms with Crippen LogP contribution in [0.3, 0.4) is 0 Å². The van der Waals surface area contributed by atoms with Crippen molar-refractivity contribution in [2.24, 2.45) is 5.73 Å². The van der Waals surface area contributed by atoms with Crippen molar-refractivity contribution in [2.45, 2.75) is 24.8 Å². The molecule has 3 heterocycles. The van der Waals surface area contributed by atoms with Gasteiger partial charge in [0.2, 0.25) is 0 Å². The minimum absolute atomic E-state index is 0.140. The number of nitrogens with zero attached hydrogens (tertiary/aromatic N) is 4. The molecule has 0 spiro atoms. The van der Waals surface area contributed by atoms with Crippen molar-refractivity contribution in [1.29, 1.82) is 0 Å². The van der Waals surface area contributed by atoms with E-state index in [1.165, 1.54) is 17.2 Å². The van der Waals surface area contributed by atoms with E-state index >= 15 is 0 Å². The molecule has 2 aromatic heterocycles. The Morgan fingerprint density at radius 2 is 1.83 bits per heavy atom. The van der Waals surface area contributed by atoms with Crippen LogP contribution < -0.4 is 11.5 Å². The smallest absolute Gasteiger partial charge is 0.382 e. The van der Waals surface area contributed by atoms with E-state index in [2.05, 4.69) is 28.1 Å². The Morgan fingerprint density at radius 3 is 2.50 bits per heavy atom. The van der Waals surface area contributed by atoms with E-state index < -0.39 is 48.4 Å². The van der Waals surface area contributed by atoms with Gasteiger partial charge in [-0.3, -0.25) is 9.09 Å². The molecule has 0 aromatic carbocycles. The molecule has 0 saturated carbocycles. The van der Waals surface area contributed by atoms with E-state index in [0.717, 1.165) is 0 Å². The number of rotatable bonds is 8. The second-order valence-corrected chi connectivity index (χ2v) is 10.4. The largest absolute Gasteiger partial charge is 0.490 e. The van der Waals surface area contributed by atoms with E-state index in [9.17, 15) is 18.6 Å². The number of ether oxygens (including phenoxy) is 1. The van der Waals surface area contributed by atoms with Gasteiger partial charge in [-0.15, -0.1) is 0 Å². The van der Waals surface area contributed by atoms with Crippen molar-refractivity contribution >= 4 is 40.4 Å². The van der Waals surface area contributed by atoms with Gasteiger partial charge in [0, 0.05) is 0 Å². The Labute approximate surface area is 167 Å². The van der Waals surface area contributed by atoms with Crippen LogP contribution in [0.5, 0.6) is 0 Å². The topological polar surface area (TPSA) is 265 Å². The maximum absolute atomic E-state index is 11.8. The van der Waals surface area contributed by atoms with Gasteiger partial charge in [0.05, 0.1) is 25.1 Å². The number of phosphoric acid groups is 3. The van der Waals surface area contributed by atoms with Crippen molar-refractivity contribution < 1.29 is 51.2 Å². The Kier molecular flexibility index (Phi) is 6.47. The fraction of sp³-hybridized carbons (Fsp3) is 0.500. The molecule has 3 rings (SSSR count). The SMILES string of the molecule is Nc1ncnc2c1ncn2[C@@H]1O[C@H](COP(=O)(O)OP(=O)(O)OP(=O)(O)O)C[C@H]1N. The number of hydrogen-bond donors (Lipinski definition) is 6. The standard InChI is InChI=1S/C10H17N6O11P3/c11-6-1-5(2-24-29(20,21)27-30(22,23)26-28(17,18)19)25-10(6)16-4-15-7-8(12)13-3-14-9(7)16/h3-6,10H,1-2,11H2,(H,20,21)(H,22,23)(H2,12,13,14)(H2,17,18,19)/t5-,6+,10+/m0/s1. The first-order chi connectivity index (χ1) is 13.8. The van der Waals surface area contributed by atoms with Gasteiger partial charge in [-0.25, -0.2) is 28.6 Å². The number of anilines is 1. The number of hydrogen-bond acceptors (Lipinski definition) is 12. The molecule has 20 heteroatoms. The molecule has 0 amide bonds. The van der Waals surface area contributed by atoms with Crippen LogP contribution in [0.15, 0.2) is 12.7 Å². The molecule has 30 heavy (non-hydrogen) atoms. The predicted molar refractivity (Wildman–Crippen MR) is 96.1 cm³/mol. The van der Waals surface area contributed by atoms with Gasteiger partial charge in [-0.2, -0.15) is 8.62 Å². The number of imidazole rings is 1. The van der Waals surface area contributed by atoms with Gasteiger partial charge in [0.15, 0.2) is 17.7 Å². The summed E-state index contributed by atoms with van der Waals surface area (Å²) < 4.78 is 52.7. The van der Waals surface area contributed by atoms with Crippen molar-refractivity contribution in [3.05, 3.63) is 12.7 Å². The van der Waals surface area contributed by atoms with Crippen LogP contribution in [0.1, 0.15) is 12.6 Å². The Balaban J connectivity index is 1.63. The number of fused-ring (bicyclic) bond motifs is 1. The predicted octanol–water partition coefficient (Wildman–Crippen LogP) is -0.633. The summed E-state index contributed by atoms with van der Waals surface area (Å²) in [4.78, 5) is 47.6. The van der Waals surface area contributed by atoms with Gasteiger partial charge >= 0.3 is 23.5 Å². The molecule has 17 nitrogen and oxygen atoms in total. The van der Waals surface area contributed by atoms with Crippen LogP contribution in [0.4, 0.5) is 5.82 Å². The normalized spacial score (nSPS) is 26.5. The van der Waals surface area contributed by atoms with Crippen LogP contribution in [-0.2, 0) is 31.6 Å². The van der Waals surface area contributed by atoms with Gasteiger partial charge in [0.1, 0.15) is 11.8 Å². The average Bonchev–Trinajstić information content (AvgIpc) is 3.13. The zero-order valence-corrected chi connectivity index (χ0v) is 17.4. The first-order valence-electron chi connectivity index (χ1n) is 7.89. The van der Waals surface area contributed by atoms with E-state index in [1.54, 1.807) is 0 Å². The molecule has 168 valence electrons. The van der Waals surface area contributed by atoms with Crippen LogP contribution in [0, 0.1) is 0 Å². The molecular weight excluding hydrogens is 473 g/mol. The third kappa shape index (κ3) is 5.68. The third-order valence-corrected chi connectivity index (χ3v) is 7.54. The summed E-state index contributed by atoms with van der Waals surface area (Å²) >= 11 is 0. The molecule has 8 N–H and O–H groups in total. The first-order valence-corrected chi connectivity index (χ1v) is 12.4. The average molecular weight is 490 g/mol. The molecule has 2 unspecified atom stereocenters. The number of nitrogen functional groups attached to an aromatic ring is 1. The molecule has 0 aliphatic carbocycles. The Bertz CT molecular complexity index is 1070. The highest BCUT2D eigenvalue weighted by atomic mass is 31.3. The fourth-order valence-corrected chi connectivity index (χ4v) is 5.74. The lowest BCUT2D eigenvalue weighted by molar-refractivity contribution is -0.0236. The molecule has 5 atom stereocenters. The second-order valence-electron chi connectivity index (χ2n) is 6.02. The summed E-state index contributed by atoms with van der Waals surface area (Å²) in [6.45, 7) is -0.613. The van der Waals surface area contributed by atoms with Crippen LogP contribution in [-0.4, -0.2) is 57.8 Å². The Morgan fingerprint density at radius 1 is 1.13 bits per heavy atom. The van der Waals surface area contributed by atoms with E-state index in [1.807, 2.05) is 0 Å². The summed E-state index contributed by atoms with van der Waals surface area (Å²) in [5, 5.41) is 0. The van der Waals surface area contributed by atoms with Crippen LogP contribution in [0.25, 0.3) is 11.2 Å². The van der Waals surface area contributed by atoms with Crippen molar-refractivity contribution in [3.63, 3.8) is 0 Å². The molecule has 1 aliphatic heterocycles.